The van der Waals surface area contributed by atoms with E-state index in [1.165, 1.54) is 12.1 Å². The summed E-state index contributed by atoms with van der Waals surface area (Å²) in [7, 11) is 0. The Morgan fingerprint density at radius 1 is 1.20 bits per heavy atom. The van der Waals surface area contributed by atoms with Crippen LogP contribution in [0.2, 0.25) is 10.0 Å². The predicted molar refractivity (Wildman–Crippen MR) is 134 cm³/mol. The number of nitrogens with one attached hydrogen (secondary N) is 1. The number of aromatic nitrogens is 2. The average molecular weight is 517 g/mol. The predicted octanol–water partition coefficient (Wildman–Crippen LogP) is 4.42. The first-order valence-electron chi connectivity index (χ1n) is 11.2. The molecule has 3 aromatic rings. The summed E-state index contributed by atoms with van der Waals surface area (Å²) in [5, 5.41) is 11.4. The third-order valence-electron chi connectivity index (χ3n) is 5.78. The van der Waals surface area contributed by atoms with Gasteiger partial charge in [0.15, 0.2) is 11.6 Å². The van der Waals surface area contributed by atoms with Crippen LogP contribution in [0.4, 0.5) is 10.2 Å². The van der Waals surface area contributed by atoms with Gasteiger partial charge in [-0.2, -0.15) is 0 Å². The normalized spacial score (nSPS) is 17.9. The lowest BCUT2D eigenvalue weighted by molar-refractivity contribution is 0.0674. The molecule has 2 heterocycles. The molecular weight excluding hydrogens is 492 g/mol. The fourth-order valence-electron chi connectivity index (χ4n) is 4.20. The zero-order chi connectivity index (χ0) is 25.1. The number of halogens is 3. The number of anilines is 1. The highest BCUT2D eigenvalue weighted by atomic mass is 35.5. The van der Waals surface area contributed by atoms with Crippen LogP contribution in [0, 0.1) is 12.0 Å². The number of nitrogens with two attached hydrogens (primary N) is 1. The number of carbonyl (C=O) groups is 1. The molecule has 1 amide bonds. The maximum Gasteiger partial charge on any atom is 0.253 e. The molecule has 1 aliphatic heterocycles. The third-order valence-corrected chi connectivity index (χ3v) is 6.54. The van der Waals surface area contributed by atoms with Gasteiger partial charge in [-0.15, -0.1) is 10.2 Å². The summed E-state index contributed by atoms with van der Waals surface area (Å²) in [4.78, 5) is 14.8. The smallest absolute Gasteiger partial charge is 0.253 e. The second-order valence-electron chi connectivity index (χ2n) is 8.58. The lowest BCUT2D eigenvalue weighted by Crippen LogP contribution is -2.55. The number of nitrogen functional groups attached to an aromatic ring is 1. The zero-order valence-corrected chi connectivity index (χ0v) is 20.8. The fourth-order valence-corrected chi connectivity index (χ4v) is 4.76. The van der Waals surface area contributed by atoms with Gasteiger partial charge in [0, 0.05) is 42.2 Å². The number of rotatable bonds is 6. The van der Waals surface area contributed by atoms with Gasteiger partial charge >= 0.3 is 0 Å². The van der Waals surface area contributed by atoms with Crippen LogP contribution in [-0.2, 0) is 6.42 Å². The summed E-state index contributed by atoms with van der Waals surface area (Å²) in [6.07, 6.45) is 3.07. The Labute approximate surface area is 213 Å². The quantitative estimate of drug-likeness (QED) is 0.471. The van der Waals surface area contributed by atoms with E-state index in [0.29, 0.717) is 40.4 Å². The van der Waals surface area contributed by atoms with E-state index in [-0.39, 0.29) is 47.6 Å². The van der Waals surface area contributed by atoms with Crippen molar-refractivity contribution in [2.24, 2.45) is 0 Å². The van der Waals surface area contributed by atoms with Crippen LogP contribution in [0.5, 0.6) is 5.75 Å². The molecule has 1 radical (unpaired) electrons. The first-order valence-corrected chi connectivity index (χ1v) is 11.9. The number of hydrogen-bond donors (Lipinski definition) is 2. The monoisotopic (exact) mass is 516 g/mol. The molecule has 183 valence electrons. The van der Waals surface area contributed by atoms with E-state index in [1.807, 2.05) is 4.90 Å². The SMILES string of the molecule is C[C@@H]1CN(C(=O)c2ccc(-c3[c]nnc(N)c3OCCc3c(Cl)ccc(F)c3Cl)cc2)C[C@H](C)N1. The van der Waals surface area contributed by atoms with Crippen molar-refractivity contribution in [2.75, 3.05) is 25.4 Å². The fraction of sp³-hybridized carbons (Fsp3) is 0.320. The molecule has 10 heteroatoms. The summed E-state index contributed by atoms with van der Waals surface area (Å²) in [5.74, 6) is -0.204. The second-order valence-corrected chi connectivity index (χ2v) is 9.36. The Bertz CT molecular complexity index is 1220. The van der Waals surface area contributed by atoms with E-state index >= 15 is 0 Å². The first-order chi connectivity index (χ1) is 16.7. The maximum absolute atomic E-state index is 13.8. The van der Waals surface area contributed by atoms with Crippen molar-refractivity contribution in [3.05, 3.63) is 69.6 Å². The van der Waals surface area contributed by atoms with Crippen LogP contribution in [0.3, 0.4) is 0 Å². The minimum absolute atomic E-state index is 0.0200. The molecular formula is C25H25Cl2FN5O2. The van der Waals surface area contributed by atoms with Crippen molar-refractivity contribution >= 4 is 34.9 Å². The summed E-state index contributed by atoms with van der Waals surface area (Å²) in [6.45, 7) is 5.55. The molecule has 35 heavy (non-hydrogen) atoms. The standard InChI is InChI=1S/C25H25Cl2FN5O2/c1-14-12-33(13-15(2)31-14)25(34)17-5-3-16(4-6-17)19-11-30-32-24(29)23(19)35-10-9-18-20(26)7-8-21(28)22(18)27/h3-8,14-15,31H,9-10,12-13H2,1-2H3,(H2,29,32)/t14-,15+. The van der Waals surface area contributed by atoms with Gasteiger partial charge in [0.2, 0.25) is 0 Å². The largest absolute Gasteiger partial charge is 0.489 e. The molecule has 7 nitrogen and oxygen atoms in total. The minimum atomic E-state index is -0.551. The molecule has 0 unspecified atom stereocenters. The highest BCUT2D eigenvalue weighted by Gasteiger charge is 2.25. The van der Waals surface area contributed by atoms with Crippen molar-refractivity contribution in [3.63, 3.8) is 0 Å². The molecule has 1 aromatic heterocycles. The lowest BCUT2D eigenvalue weighted by atomic mass is 10.0. The van der Waals surface area contributed by atoms with E-state index in [0.717, 1.165) is 0 Å². The Hall–Kier alpha value is -2.94. The lowest BCUT2D eigenvalue weighted by Gasteiger charge is -2.36. The van der Waals surface area contributed by atoms with Crippen molar-refractivity contribution in [1.29, 1.82) is 0 Å². The van der Waals surface area contributed by atoms with Gasteiger partial charge in [0.25, 0.3) is 5.91 Å². The Balaban J connectivity index is 1.50. The van der Waals surface area contributed by atoms with E-state index in [1.54, 1.807) is 24.3 Å². The number of hydrogen-bond acceptors (Lipinski definition) is 6. The first kappa shape index (κ1) is 25.2. The molecule has 1 fully saturated rings. The van der Waals surface area contributed by atoms with E-state index in [2.05, 4.69) is 35.6 Å². The van der Waals surface area contributed by atoms with Gasteiger partial charge in [-0.05, 0) is 49.2 Å². The van der Waals surface area contributed by atoms with Crippen LogP contribution in [0.1, 0.15) is 29.8 Å². The molecule has 0 aliphatic carbocycles. The zero-order valence-electron chi connectivity index (χ0n) is 19.3. The van der Waals surface area contributed by atoms with Crippen molar-refractivity contribution in [3.8, 4) is 16.9 Å². The molecule has 0 saturated carbocycles. The van der Waals surface area contributed by atoms with Crippen LogP contribution < -0.4 is 15.8 Å². The number of ether oxygens (including phenoxy) is 1. The van der Waals surface area contributed by atoms with Crippen molar-refractivity contribution in [2.45, 2.75) is 32.4 Å². The maximum atomic E-state index is 13.8. The number of carbonyl (C=O) groups excluding carboxylic acids is 1. The molecule has 4 rings (SSSR count). The molecule has 0 spiro atoms. The summed E-state index contributed by atoms with van der Waals surface area (Å²) >= 11 is 12.2. The van der Waals surface area contributed by atoms with Gasteiger partial charge < -0.3 is 20.7 Å². The van der Waals surface area contributed by atoms with Gasteiger partial charge in [-0.1, -0.05) is 35.3 Å². The van der Waals surface area contributed by atoms with Crippen LogP contribution >= 0.6 is 23.2 Å². The van der Waals surface area contributed by atoms with Gasteiger partial charge in [0.1, 0.15) is 12.0 Å². The number of amides is 1. The third kappa shape index (κ3) is 5.66. The average Bonchev–Trinajstić information content (AvgIpc) is 2.83. The van der Waals surface area contributed by atoms with Gasteiger partial charge in [0.05, 0.1) is 17.2 Å². The molecule has 1 saturated heterocycles. The van der Waals surface area contributed by atoms with E-state index in [9.17, 15) is 9.18 Å². The van der Waals surface area contributed by atoms with E-state index in [4.69, 9.17) is 33.7 Å². The number of nitrogens with zero attached hydrogens (tertiary/aromatic N) is 3. The number of piperazine rings is 1. The van der Waals surface area contributed by atoms with E-state index < -0.39 is 5.82 Å². The number of benzene rings is 2. The molecule has 2 aromatic carbocycles. The van der Waals surface area contributed by atoms with Gasteiger partial charge in [-0.3, -0.25) is 4.79 Å². The van der Waals surface area contributed by atoms with Crippen LogP contribution in [-0.4, -0.2) is 52.8 Å². The van der Waals surface area contributed by atoms with Crippen molar-refractivity contribution in [1.82, 2.24) is 20.4 Å². The minimum Gasteiger partial charge on any atom is -0.489 e. The molecule has 1 aliphatic rings. The Morgan fingerprint density at radius 2 is 1.89 bits per heavy atom. The van der Waals surface area contributed by atoms with Crippen LogP contribution in [0.15, 0.2) is 36.4 Å². The Morgan fingerprint density at radius 3 is 2.57 bits per heavy atom. The second kappa shape index (κ2) is 10.8. The van der Waals surface area contributed by atoms with Crippen LogP contribution in [0.25, 0.3) is 11.1 Å². The summed E-state index contributed by atoms with van der Waals surface area (Å²) < 4.78 is 19.7. The molecule has 0 bridgehead atoms. The highest BCUT2D eigenvalue weighted by molar-refractivity contribution is 6.36. The highest BCUT2D eigenvalue weighted by Crippen LogP contribution is 2.34. The molecule has 3 N–H and O–H groups in total. The van der Waals surface area contributed by atoms with Crippen molar-refractivity contribution < 1.29 is 13.9 Å². The molecule has 2 atom stereocenters. The van der Waals surface area contributed by atoms with Gasteiger partial charge in [-0.25, -0.2) is 4.39 Å². The topological polar surface area (TPSA) is 93.4 Å². The Kier molecular flexibility index (Phi) is 7.74. The summed E-state index contributed by atoms with van der Waals surface area (Å²) in [5.41, 5.74) is 8.26. The summed E-state index contributed by atoms with van der Waals surface area (Å²) in [6, 6.07) is 10.2.